The number of rotatable bonds is 7. The van der Waals surface area contributed by atoms with Gasteiger partial charge in [0.15, 0.2) is 5.69 Å². The lowest BCUT2D eigenvalue weighted by molar-refractivity contribution is -0.145. The van der Waals surface area contributed by atoms with Gasteiger partial charge in [0.2, 0.25) is 5.75 Å². The van der Waals surface area contributed by atoms with Crippen LogP contribution in [0, 0.1) is 18.2 Å². The average molecular weight is 596 g/mol. The molecular weight excluding hydrogens is 564 g/mol. The number of hydrogen-bond donors (Lipinski definition) is 5. The predicted molar refractivity (Wildman–Crippen MR) is 140 cm³/mol. The monoisotopic (exact) mass is 595 g/mol. The Bertz CT molecular complexity index is 1510. The Hall–Kier alpha value is -3.65. The third-order valence-corrected chi connectivity index (χ3v) is 8.08. The average Bonchev–Trinajstić information content (AvgIpc) is 3.12. The molecule has 222 valence electrons. The van der Waals surface area contributed by atoms with E-state index in [0.29, 0.717) is 11.1 Å². The summed E-state index contributed by atoms with van der Waals surface area (Å²) in [5.41, 5.74) is -3.11. The van der Waals surface area contributed by atoms with E-state index in [1.807, 2.05) is 0 Å². The fourth-order valence-electron chi connectivity index (χ4n) is 5.29. The SMILES string of the molecule is Cc1cc(CNC(=O)c2nc3n(c(=O)c2O)CC2(COP(=O)(O)O)CCC3(NC(=O)C(=O)N(C)C)CC2)ccc1F. The molecule has 5 rings (SSSR count). The van der Waals surface area contributed by atoms with Crippen LogP contribution < -0.4 is 16.2 Å². The van der Waals surface area contributed by atoms with Gasteiger partial charge in [0.1, 0.15) is 11.6 Å². The van der Waals surface area contributed by atoms with E-state index in [0.717, 1.165) is 9.47 Å². The summed E-state index contributed by atoms with van der Waals surface area (Å²) in [5.74, 6) is -4.24. The summed E-state index contributed by atoms with van der Waals surface area (Å²) in [4.78, 5) is 75.8. The van der Waals surface area contributed by atoms with Crippen LogP contribution in [0.4, 0.5) is 4.39 Å². The third kappa shape index (κ3) is 6.17. The van der Waals surface area contributed by atoms with Crippen molar-refractivity contribution in [2.75, 3.05) is 20.7 Å². The van der Waals surface area contributed by atoms with Gasteiger partial charge in [0.05, 0.1) is 12.1 Å². The summed E-state index contributed by atoms with van der Waals surface area (Å²) < 4.78 is 30.9. The summed E-state index contributed by atoms with van der Waals surface area (Å²) >= 11 is 0. The molecule has 14 nitrogen and oxygen atoms in total. The normalized spacial score (nSPS) is 21.5. The summed E-state index contributed by atoms with van der Waals surface area (Å²) in [7, 11) is -2.09. The first-order valence-corrected chi connectivity index (χ1v) is 14.2. The highest BCUT2D eigenvalue weighted by molar-refractivity contribution is 7.46. The van der Waals surface area contributed by atoms with Gasteiger partial charge in [-0.2, -0.15) is 0 Å². The van der Waals surface area contributed by atoms with E-state index in [1.54, 1.807) is 6.92 Å². The maximum Gasteiger partial charge on any atom is 0.469 e. The molecule has 0 saturated heterocycles. The van der Waals surface area contributed by atoms with Crippen LogP contribution in [-0.2, 0) is 37.3 Å². The number of carbonyl (C=O) groups excluding carboxylic acids is 3. The zero-order valence-corrected chi connectivity index (χ0v) is 23.5. The molecule has 2 aliphatic heterocycles. The van der Waals surface area contributed by atoms with E-state index in [9.17, 15) is 43.0 Å². The molecule has 2 aromatic rings. The first-order chi connectivity index (χ1) is 19.1. The van der Waals surface area contributed by atoms with Crippen LogP contribution in [-0.4, -0.2) is 67.8 Å². The predicted octanol–water partition coefficient (Wildman–Crippen LogP) is 0.409. The van der Waals surface area contributed by atoms with Crippen LogP contribution in [0.1, 0.15) is 53.1 Å². The number of aryl methyl sites for hydroxylation is 1. The van der Waals surface area contributed by atoms with Crippen LogP contribution in [0.15, 0.2) is 23.0 Å². The molecule has 0 unspecified atom stereocenters. The number of amides is 3. The molecule has 1 aromatic heterocycles. The number of likely N-dealkylation sites (N-methyl/N-ethyl adjacent to an activating group) is 1. The number of phosphoric acid groups is 1. The number of benzene rings is 1. The van der Waals surface area contributed by atoms with Crippen molar-refractivity contribution in [3.63, 3.8) is 0 Å². The highest BCUT2D eigenvalue weighted by Crippen LogP contribution is 2.51. The number of nitrogens with one attached hydrogen (secondary N) is 2. The number of fused-ring (bicyclic) bond motifs is 2. The van der Waals surface area contributed by atoms with Gasteiger partial charge in [-0.15, -0.1) is 0 Å². The lowest BCUT2D eigenvalue weighted by Gasteiger charge is -2.41. The van der Waals surface area contributed by atoms with Crippen molar-refractivity contribution in [3.8, 4) is 5.75 Å². The lowest BCUT2D eigenvalue weighted by Crippen LogP contribution is -2.54. The quantitative estimate of drug-likeness (QED) is 0.221. The van der Waals surface area contributed by atoms with Gasteiger partial charge >= 0.3 is 19.6 Å². The molecule has 41 heavy (non-hydrogen) atoms. The summed E-state index contributed by atoms with van der Waals surface area (Å²) in [6.45, 7) is 0.881. The number of carbonyl (C=O) groups is 3. The largest absolute Gasteiger partial charge is 0.501 e. The van der Waals surface area contributed by atoms with Crippen LogP contribution >= 0.6 is 7.82 Å². The van der Waals surface area contributed by atoms with E-state index < -0.39 is 65.9 Å². The van der Waals surface area contributed by atoms with Gasteiger partial charge in [-0.3, -0.25) is 28.3 Å². The second kappa shape index (κ2) is 11.0. The number of nitrogens with zero attached hydrogens (tertiary/aromatic N) is 3. The molecule has 0 spiro atoms. The van der Waals surface area contributed by atoms with E-state index >= 15 is 0 Å². The molecule has 1 saturated carbocycles. The highest BCUT2D eigenvalue weighted by atomic mass is 31.2. The molecule has 5 N–H and O–H groups in total. The van der Waals surface area contributed by atoms with Gasteiger partial charge in [-0.1, -0.05) is 12.1 Å². The number of hydrogen-bond acceptors (Lipinski definition) is 8. The number of phosphoric ester groups is 1. The first-order valence-electron chi connectivity index (χ1n) is 12.7. The summed E-state index contributed by atoms with van der Waals surface area (Å²) in [6.07, 6.45) is 0.602. The first kappa shape index (κ1) is 30.3. The summed E-state index contributed by atoms with van der Waals surface area (Å²) in [6, 6.07) is 4.23. The molecular formula is C25H31FN5O9P. The van der Waals surface area contributed by atoms with E-state index in [-0.39, 0.29) is 44.6 Å². The smallest absolute Gasteiger partial charge is 0.469 e. The fraction of sp³-hybridized carbons (Fsp3) is 0.480. The minimum absolute atomic E-state index is 0.0679. The molecule has 3 amide bonds. The molecule has 16 heteroatoms. The zero-order chi connectivity index (χ0) is 30.3. The molecule has 3 aliphatic rings. The Kier molecular flexibility index (Phi) is 8.11. The molecule has 3 heterocycles. The Morgan fingerprint density at radius 1 is 1.20 bits per heavy atom. The van der Waals surface area contributed by atoms with Crippen molar-refractivity contribution in [3.05, 3.63) is 57.0 Å². The van der Waals surface area contributed by atoms with Crippen LogP contribution in [0.25, 0.3) is 0 Å². The maximum atomic E-state index is 13.6. The second-order valence-corrected chi connectivity index (χ2v) is 12.0. The molecule has 2 bridgehead atoms. The molecule has 1 aromatic carbocycles. The third-order valence-electron chi connectivity index (χ3n) is 7.61. The van der Waals surface area contributed by atoms with E-state index in [2.05, 4.69) is 15.6 Å². The standard InChI is InChI=1S/C25H31FN5O9P/c1-14-10-15(4-5-16(14)26)11-27-19(33)17-18(32)21(35)31-12-24(13-40-41(37,38)39)6-8-25(9-7-24,23(31)28-17)29-20(34)22(36)30(2)3/h4-5,10,32H,6-9,11-13H2,1-3H3,(H,27,33)(H,29,34)(H2,37,38,39). The second-order valence-electron chi connectivity index (χ2n) is 10.8. The number of aromatic nitrogens is 2. The summed E-state index contributed by atoms with van der Waals surface area (Å²) in [5, 5.41) is 16.0. The van der Waals surface area contributed by atoms with Gasteiger partial charge in [0.25, 0.3) is 11.5 Å². The van der Waals surface area contributed by atoms with Gasteiger partial charge in [-0.05, 0) is 49.8 Å². The lowest BCUT2D eigenvalue weighted by atomic mass is 9.69. The number of halogens is 1. The molecule has 0 atom stereocenters. The minimum Gasteiger partial charge on any atom is -0.501 e. The van der Waals surface area contributed by atoms with Gasteiger partial charge < -0.3 is 30.4 Å². The van der Waals surface area contributed by atoms with Crippen molar-refractivity contribution < 1.29 is 42.8 Å². The van der Waals surface area contributed by atoms with Gasteiger partial charge in [0, 0.05) is 32.6 Å². The zero-order valence-electron chi connectivity index (χ0n) is 22.6. The van der Waals surface area contributed by atoms with Crippen molar-refractivity contribution in [1.82, 2.24) is 25.1 Å². The topological polar surface area (TPSA) is 200 Å². The van der Waals surface area contributed by atoms with Crippen LogP contribution in [0.5, 0.6) is 5.75 Å². The molecule has 1 fully saturated rings. The molecule has 0 radical (unpaired) electrons. The van der Waals surface area contributed by atoms with Crippen LogP contribution in [0.3, 0.4) is 0 Å². The Balaban J connectivity index is 1.75. The van der Waals surface area contributed by atoms with E-state index in [1.165, 1.54) is 32.3 Å². The Morgan fingerprint density at radius 2 is 1.85 bits per heavy atom. The van der Waals surface area contributed by atoms with Gasteiger partial charge in [-0.25, -0.2) is 13.9 Å². The maximum absolute atomic E-state index is 13.6. The van der Waals surface area contributed by atoms with Crippen molar-refractivity contribution in [2.45, 2.75) is 51.2 Å². The van der Waals surface area contributed by atoms with Crippen molar-refractivity contribution in [2.24, 2.45) is 5.41 Å². The fourth-order valence-corrected chi connectivity index (χ4v) is 5.73. The van der Waals surface area contributed by atoms with Crippen molar-refractivity contribution in [1.29, 1.82) is 0 Å². The molecule has 1 aliphatic carbocycles. The highest BCUT2D eigenvalue weighted by Gasteiger charge is 2.52. The number of aromatic hydroxyl groups is 1. The Labute approximate surface area is 233 Å². The minimum atomic E-state index is -4.86. The van der Waals surface area contributed by atoms with Crippen LogP contribution in [0.2, 0.25) is 0 Å². The van der Waals surface area contributed by atoms with Crippen molar-refractivity contribution >= 4 is 25.5 Å². The Morgan fingerprint density at radius 3 is 2.44 bits per heavy atom. The van der Waals surface area contributed by atoms with E-state index in [4.69, 9.17) is 4.52 Å².